The Bertz CT molecular complexity index is 598. The van der Waals surface area contributed by atoms with Crippen molar-refractivity contribution in [1.82, 2.24) is 10.0 Å². The minimum atomic E-state index is -3.49. The van der Waals surface area contributed by atoms with Crippen molar-refractivity contribution in [2.45, 2.75) is 57.0 Å². The fraction of sp³-hybridized carbons (Fsp3) is 0.600. The summed E-state index contributed by atoms with van der Waals surface area (Å²) in [5.41, 5.74) is 1.72. The molecule has 21 heavy (non-hydrogen) atoms. The highest BCUT2D eigenvalue weighted by molar-refractivity contribution is 7.89. The second-order valence-electron chi connectivity index (χ2n) is 5.59. The molecule has 0 amide bonds. The Labute approximate surface area is 132 Å². The van der Waals surface area contributed by atoms with Crippen LogP contribution in [-0.4, -0.2) is 21.0 Å². The van der Waals surface area contributed by atoms with Gasteiger partial charge in [0.05, 0.1) is 4.90 Å². The van der Waals surface area contributed by atoms with Crippen molar-refractivity contribution in [3.63, 3.8) is 0 Å². The average molecular weight is 331 g/mol. The van der Waals surface area contributed by atoms with E-state index in [-0.39, 0.29) is 0 Å². The maximum atomic E-state index is 12.4. The quantitative estimate of drug-likeness (QED) is 0.720. The van der Waals surface area contributed by atoms with Crippen LogP contribution in [0.4, 0.5) is 0 Å². The van der Waals surface area contributed by atoms with Crippen LogP contribution in [0.3, 0.4) is 0 Å². The Morgan fingerprint density at radius 1 is 1.33 bits per heavy atom. The van der Waals surface area contributed by atoms with Crippen LogP contribution in [0.2, 0.25) is 5.02 Å². The Balaban J connectivity index is 2.20. The fourth-order valence-corrected chi connectivity index (χ4v) is 3.86. The van der Waals surface area contributed by atoms with Gasteiger partial charge in [0, 0.05) is 24.2 Å². The van der Waals surface area contributed by atoms with Gasteiger partial charge in [-0.05, 0) is 49.4 Å². The molecule has 2 N–H and O–H groups in total. The summed E-state index contributed by atoms with van der Waals surface area (Å²) < 4.78 is 27.4. The molecule has 6 heteroatoms. The Hall–Kier alpha value is -0.620. The molecule has 1 aliphatic carbocycles. The highest BCUT2D eigenvalue weighted by atomic mass is 35.5. The SMILES string of the molecule is CCCCNS(=O)(=O)c1cc(Cl)cc(CNC2CC2)c1C. The van der Waals surface area contributed by atoms with Gasteiger partial charge in [-0.2, -0.15) is 0 Å². The van der Waals surface area contributed by atoms with Crippen LogP contribution < -0.4 is 10.0 Å². The molecular weight excluding hydrogens is 308 g/mol. The van der Waals surface area contributed by atoms with Crippen molar-refractivity contribution in [2.24, 2.45) is 0 Å². The summed E-state index contributed by atoms with van der Waals surface area (Å²) >= 11 is 6.10. The van der Waals surface area contributed by atoms with E-state index in [9.17, 15) is 8.42 Å². The maximum absolute atomic E-state index is 12.4. The van der Waals surface area contributed by atoms with Crippen molar-refractivity contribution in [1.29, 1.82) is 0 Å². The number of unbranched alkanes of at least 4 members (excludes halogenated alkanes) is 1. The predicted octanol–water partition coefficient (Wildman–Crippen LogP) is 2.98. The lowest BCUT2D eigenvalue weighted by atomic mass is 10.1. The van der Waals surface area contributed by atoms with Crippen LogP contribution in [-0.2, 0) is 16.6 Å². The molecule has 1 fully saturated rings. The molecule has 1 saturated carbocycles. The summed E-state index contributed by atoms with van der Waals surface area (Å²) in [7, 11) is -3.49. The van der Waals surface area contributed by atoms with E-state index in [4.69, 9.17) is 11.6 Å². The van der Waals surface area contributed by atoms with Crippen molar-refractivity contribution in [3.8, 4) is 0 Å². The Morgan fingerprint density at radius 2 is 2.05 bits per heavy atom. The molecule has 0 radical (unpaired) electrons. The van der Waals surface area contributed by atoms with Gasteiger partial charge in [-0.15, -0.1) is 0 Å². The van der Waals surface area contributed by atoms with Crippen LogP contribution in [0.25, 0.3) is 0 Å². The topological polar surface area (TPSA) is 58.2 Å². The largest absolute Gasteiger partial charge is 0.310 e. The van der Waals surface area contributed by atoms with Crippen LogP contribution in [0.5, 0.6) is 0 Å². The van der Waals surface area contributed by atoms with Crippen molar-refractivity contribution >= 4 is 21.6 Å². The van der Waals surface area contributed by atoms with Gasteiger partial charge in [-0.3, -0.25) is 0 Å². The minimum absolute atomic E-state index is 0.290. The molecule has 4 nitrogen and oxygen atoms in total. The van der Waals surface area contributed by atoms with Gasteiger partial charge in [-0.25, -0.2) is 13.1 Å². The molecule has 1 aliphatic rings. The number of nitrogens with one attached hydrogen (secondary N) is 2. The standard InChI is InChI=1S/C15H23ClN2O2S/c1-3-4-7-18-21(19,20)15-9-13(16)8-12(11(15)2)10-17-14-5-6-14/h8-9,14,17-18H,3-7,10H2,1-2H3. The summed E-state index contributed by atoms with van der Waals surface area (Å²) in [5.74, 6) is 0. The molecule has 0 aromatic heterocycles. The van der Waals surface area contributed by atoms with Crippen LogP contribution in [0, 0.1) is 6.92 Å². The number of halogens is 1. The van der Waals surface area contributed by atoms with Gasteiger partial charge in [0.25, 0.3) is 0 Å². The van der Waals surface area contributed by atoms with E-state index < -0.39 is 10.0 Å². The summed E-state index contributed by atoms with van der Waals surface area (Å²) in [4.78, 5) is 0.290. The molecule has 0 atom stereocenters. The number of benzene rings is 1. The van der Waals surface area contributed by atoms with E-state index in [0.29, 0.717) is 29.0 Å². The molecule has 0 unspecified atom stereocenters. The van der Waals surface area contributed by atoms with E-state index >= 15 is 0 Å². The van der Waals surface area contributed by atoms with E-state index in [1.165, 1.54) is 18.9 Å². The highest BCUT2D eigenvalue weighted by Crippen LogP contribution is 2.26. The summed E-state index contributed by atoms with van der Waals surface area (Å²) in [6.45, 7) is 4.99. The first kappa shape index (κ1) is 16.7. The zero-order chi connectivity index (χ0) is 15.5. The lowest BCUT2D eigenvalue weighted by molar-refractivity contribution is 0.577. The van der Waals surface area contributed by atoms with Crippen LogP contribution in [0.15, 0.2) is 17.0 Å². The third kappa shape index (κ3) is 4.68. The van der Waals surface area contributed by atoms with Gasteiger partial charge < -0.3 is 5.32 Å². The first-order chi connectivity index (χ1) is 9.94. The van der Waals surface area contributed by atoms with E-state index in [0.717, 1.165) is 24.0 Å². The van der Waals surface area contributed by atoms with Gasteiger partial charge in [0.2, 0.25) is 10.0 Å². The lowest BCUT2D eigenvalue weighted by Crippen LogP contribution is -2.26. The van der Waals surface area contributed by atoms with Gasteiger partial charge >= 0.3 is 0 Å². The van der Waals surface area contributed by atoms with Crippen LogP contribution >= 0.6 is 11.6 Å². The summed E-state index contributed by atoms with van der Waals surface area (Å²) in [5, 5.41) is 3.86. The molecule has 118 valence electrons. The molecule has 1 aromatic rings. The van der Waals surface area contributed by atoms with Gasteiger partial charge in [0.15, 0.2) is 0 Å². The second kappa shape index (κ2) is 7.09. The summed E-state index contributed by atoms with van der Waals surface area (Å²) in [6.07, 6.45) is 4.18. The Kier molecular flexibility index (Phi) is 5.66. The third-order valence-corrected chi connectivity index (χ3v) is 5.51. The van der Waals surface area contributed by atoms with Gasteiger partial charge in [0.1, 0.15) is 0 Å². The first-order valence-corrected chi connectivity index (χ1v) is 9.32. The van der Waals surface area contributed by atoms with Gasteiger partial charge in [-0.1, -0.05) is 24.9 Å². The first-order valence-electron chi connectivity index (χ1n) is 7.46. The fourth-order valence-electron chi connectivity index (χ4n) is 2.17. The minimum Gasteiger partial charge on any atom is -0.310 e. The van der Waals surface area contributed by atoms with Crippen molar-refractivity contribution < 1.29 is 8.42 Å². The number of rotatable bonds is 8. The monoisotopic (exact) mass is 330 g/mol. The molecule has 0 saturated heterocycles. The lowest BCUT2D eigenvalue weighted by Gasteiger charge is -2.14. The molecule has 0 heterocycles. The third-order valence-electron chi connectivity index (χ3n) is 3.70. The zero-order valence-corrected chi connectivity index (χ0v) is 14.1. The van der Waals surface area contributed by atoms with Crippen molar-refractivity contribution in [3.05, 3.63) is 28.3 Å². The Morgan fingerprint density at radius 3 is 2.67 bits per heavy atom. The summed E-state index contributed by atoms with van der Waals surface area (Å²) in [6, 6.07) is 3.95. The zero-order valence-electron chi connectivity index (χ0n) is 12.6. The smallest absolute Gasteiger partial charge is 0.240 e. The molecule has 2 rings (SSSR count). The van der Waals surface area contributed by atoms with E-state index in [2.05, 4.69) is 10.0 Å². The number of hydrogen-bond donors (Lipinski definition) is 2. The van der Waals surface area contributed by atoms with E-state index in [1.807, 2.05) is 19.9 Å². The molecule has 0 aliphatic heterocycles. The maximum Gasteiger partial charge on any atom is 0.240 e. The highest BCUT2D eigenvalue weighted by Gasteiger charge is 2.22. The van der Waals surface area contributed by atoms with E-state index in [1.54, 1.807) is 0 Å². The normalized spacial score (nSPS) is 15.4. The second-order valence-corrected chi connectivity index (χ2v) is 7.77. The average Bonchev–Trinajstić information content (AvgIpc) is 3.23. The van der Waals surface area contributed by atoms with Crippen molar-refractivity contribution in [2.75, 3.05) is 6.54 Å². The molecular formula is C15H23ClN2O2S. The van der Waals surface area contributed by atoms with Crippen LogP contribution in [0.1, 0.15) is 43.7 Å². The molecule has 0 bridgehead atoms. The molecule has 1 aromatic carbocycles. The number of hydrogen-bond acceptors (Lipinski definition) is 3. The predicted molar refractivity (Wildman–Crippen MR) is 86.1 cm³/mol. The number of sulfonamides is 1. The molecule has 0 spiro atoms.